The number of aromatic hydroxyl groups is 2. The van der Waals surface area contributed by atoms with Crippen molar-refractivity contribution < 1.29 is 39.8 Å². The van der Waals surface area contributed by atoms with Crippen LogP contribution in [0.3, 0.4) is 0 Å². The standard InChI is InChI=1S/C22H27NO8/c24-7-5-23(6-8-25)12-16(27)13-30-17-9-18(28)22-19(29)11-20(31-21(22)10-17)14-1-3-15(26)4-2-14/h1-4,9-10,16,20,24-28H,5-8,11-13H2. The molecule has 9 nitrogen and oxygen atoms in total. The van der Waals surface area contributed by atoms with Gasteiger partial charge >= 0.3 is 0 Å². The number of carbonyl (C=O) groups is 1. The Labute approximate surface area is 179 Å². The topological polar surface area (TPSA) is 140 Å². The zero-order valence-electron chi connectivity index (χ0n) is 17.0. The highest BCUT2D eigenvalue weighted by Crippen LogP contribution is 2.42. The Kier molecular flexibility index (Phi) is 7.69. The van der Waals surface area contributed by atoms with Crippen molar-refractivity contribution in [1.82, 2.24) is 4.90 Å². The monoisotopic (exact) mass is 433 g/mol. The molecule has 1 heterocycles. The van der Waals surface area contributed by atoms with Gasteiger partial charge in [-0.05, 0) is 17.7 Å². The van der Waals surface area contributed by atoms with Crippen molar-refractivity contribution in [2.45, 2.75) is 18.6 Å². The third-order valence-corrected chi connectivity index (χ3v) is 4.98. The van der Waals surface area contributed by atoms with E-state index in [2.05, 4.69) is 0 Å². The maximum atomic E-state index is 12.6. The minimum atomic E-state index is -0.899. The third kappa shape index (κ3) is 5.86. The zero-order valence-corrected chi connectivity index (χ0v) is 17.0. The minimum absolute atomic E-state index is 0.0514. The number of aliphatic hydroxyl groups is 3. The van der Waals surface area contributed by atoms with Gasteiger partial charge in [-0.15, -0.1) is 0 Å². The van der Waals surface area contributed by atoms with Crippen molar-refractivity contribution in [3.05, 3.63) is 47.5 Å². The molecule has 0 aliphatic carbocycles. The van der Waals surface area contributed by atoms with Crippen LogP contribution in [-0.4, -0.2) is 81.8 Å². The number of hydrogen-bond donors (Lipinski definition) is 5. The van der Waals surface area contributed by atoms with Crippen LogP contribution in [0, 0.1) is 0 Å². The molecule has 0 saturated carbocycles. The summed E-state index contributed by atoms with van der Waals surface area (Å²) in [4.78, 5) is 14.3. The summed E-state index contributed by atoms with van der Waals surface area (Å²) in [7, 11) is 0. The molecular formula is C22H27NO8. The number of rotatable bonds is 10. The summed E-state index contributed by atoms with van der Waals surface area (Å²) in [6.45, 7) is 0.522. The molecule has 0 radical (unpaired) electrons. The van der Waals surface area contributed by atoms with Gasteiger partial charge in [-0.3, -0.25) is 9.69 Å². The van der Waals surface area contributed by atoms with Gasteiger partial charge < -0.3 is 35.0 Å². The summed E-state index contributed by atoms with van der Waals surface area (Å²) in [6.07, 6.45) is -1.41. The number of ether oxygens (including phenoxy) is 2. The molecule has 0 bridgehead atoms. The van der Waals surface area contributed by atoms with Crippen LogP contribution in [0.25, 0.3) is 0 Å². The lowest BCUT2D eigenvalue weighted by Gasteiger charge is -2.27. The van der Waals surface area contributed by atoms with E-state index in [-0.39, 0.29) is 67.1 Å². The van der Waals surface area contributed by atoms with Gasteiger partial charge in [-0.1, -0.05) is 12.1 Å². The molecule has 2 aromatic carbocycles. The van der Waals surface area contributed by atoms with E-state index in [1.54, 1.807) is 17.0 Å². The molecule has 0 spiro atoms. The van der Waals surface area contributed by atoms with Crippen molar-refractivity contribution in [2.75, 3.05) is 39.5 Å². The molecule has 5 N–H and O–H groups in total. The number of fused-ring (bicyclic) bond motifs is 1. The first-order chi connectivity index (χ1) is 14.9. The van der Waals surface area contributed by atoms with E-state index >= 15 is 0 Å². The molecule has 2 unspecified atom stereocenters. The lowest BCUT2D eigenvalue weighted by molar-refractivity contribution is 0.0548. The maximum Gasteiger partial charge on any atom is 0.174 e. The molecule has 9 heteroatoms. The molecule has 0 amide bonds. The number of ketones is 1. The van der Waals surface area contributed by atoms with Crippen molar-refractivity contribution in [3.63, 3.8) is 0 Å². The molecule has 2 aromatic rings. The number of nitrogens with zero attached hydrogens (tertiary/aromatic N) is 1. The number of phenols is 2. The van der Waals surface area contributed by atoms with E-state index in [9.17, 15) is 20.1 Å². The predicted molar refractivity (Wildman–Crippen MR) is 111 cm³/mol. The molecule has 1 aliphatic rings. The van der Waals surface area contributed by atoms with Crippen molar-refractivity contribution >= 4 is 5.78 Å². The van der Waals surface area contributed by atoms with Gasteiger partial charge in [-0.25, -0.2) is 0 Å². The van der Waals surface area contributed by atoms with Gasteiger partial charge in [0.05, 0.1) is 19.6 Å². The second-order valence-corrected chi connectivity index (χ2v) is 7.35. The van der Waals surface area contributed by atoms with Crippen LogP contribution in [0.1, 0.15) is 28.4 Å². The molecule has 31 heavy (non-hydrogen) atoms. The normalized spacial score (nSPS) is 16.6. The zero-order chi connectivity index (χ0) is 22.4. The molecule has 0 fully saturated rings. The van der Waals surface area contributed by atoms with Crippen LogP contribution in [-0.2, 0) is 0 Å². The van der Waals surface area contributed by atoms with Crippen molar-refractivity contribution in [2.24, 2.45) is 0 Å². The van der Waals surface area contributed by atoms with Crippen LogP contribution in [0.15, 0.2) is 36.4 Å². The second-order valence-electron chi connectivity index (χ2n) is 7.35. The Morgan fingerprint density at radius 3 is 2.42 bits per heavy atom. The average molecular weight is 433 g/mol. The van der Waals surface area contributed by atoms with E-state index in [4.69, 9.17) is 19.7 Å². The van der Waals surface area contributed by atoms with Gasteiger partial charge in [0.15, 0.2) is 5.78 Å². The minimum Gasteiger partial charge on any atom is -0.508 e. The van der Waals surface area contributed by atoms with E-state index in [0.717, 1.165) is 0 Å². The summed E-state index contributed by atoms with van der Waals surface area (Å²) in [5, 5.41) is 48.1. The number of phenolic OH excluding ortho intramolecular Hbond substituents is 2. The van der Waals surface area contributed by atoms with Crippen LogP contribution in [0.2, 0.25) is 0 Å². The first kappa shape index (κ1) is 22.8. The lowest BCUT2D eigenvalue weighted by atomic mass is 9.95. The number of aliphatic hydroxyl groups excluding tert-OH is 3. The van der Waals surface area contributed by atoms with E-state index in [0.29, 0.717) is 18.7 Å². The van der Waals surface area contributed by atoms with Crippen LogP contribution in [0.5, 0.6) is 23.0 Å². The largest absolute Gasteiger partial charge is 0.508 e. The molecular weight excluding hydrogens is 406 g/mol. The highest BCUT2D eigenvalue weighted by atomic mass is 16.5. The molecule has 1 aliphatic heterocycles. The molecule has 168 valence electrons. The summed E-state index contributed by atoms with van der Waals surface area (Å²) in [5.74, 6) is -0.0218. The van der Waals surface area contributed by atoms with E-state index in [1.807, 2.05) is 0 Å². The first-order valence-electron chi connectivity index (χ1n) is 10.0. The Morgan fingerprint density at radius 1 is 1.10 bits per heavy atom. The van der Waals surface area contributed by atoms with Gasteiger partial charge in [0.1, 0.15) is 47.4 Å². The van der Waals surface area contributed by atoms with Crippen LogP contribution >= 0.6 is 0 Å². The smallest absolute Gasteiger partial charge is 0.174 e. The lowest BCUT2D eigenvalue weighted by Crippen LogP contribution is -2.38. The first-order valence-corrected chi connectivity index (χ1v) is 10.0. The SMILES string of the molecule is O=C1CC(c2ccc(O)cc2)Oc2cc(OCC(O)CN(CCO)CCO)cc(O)c21. The Morgan fingerprint density at radius 2 is 1.77 bits per heavy atom. The fourth-order valence-electron chi connectivity index (χ4n) is 3.49. The second kappa shape index (κ2) is 10.5. The summed E-state index contributed by atoms with van der Waals surface area (Å²) < 4.78 is 11.5. The van der Waals surface area contributed by atoms with Gasteiger partial charge in [0, 0.05) is 31.8 Å². The summed E-state index contributed by atoms with van der Waals surface area (Å²) in [5.41, 5.74) is 0.797. The van der Waals surface area contributed by atoms with Gasteiger partial charge in [0.2, 0.25) is 0 Å². The van der Waals surface area contributed by atoms with Crippen LogP contribution < -0.4 is 9.47 Å². The van der Waals surface area contributed by atoms with E-state index in [1.165, 1.54) is 24.3 Å². The molecule has 0 aromatic heterocycles. The van der Waals surface area contributed by atoms with Crippen molar-refractivity contribution in [1.29, 1.82) is 0 Å². The van der Waals surface area contributed by atoms with Crippen molar-refractivity contribution in [3.8, 4) is 23.0 Å². The molecule has 2 atom stereocenters. The summed E-state index contributed by atoms with van der Waals surface area (Å²) >= 11 is 0. The number of Topliss-reactive ketones (excluding diaryl/α,β-unsaturated/α-hetero) is 1. The molecule has 3 rings (SSSR count). The van der Waals surface area contributed by atoms with Crippen LogP contribution in [0.4, 0.5) is 0 Å². The summed E-state index contributed by atoms with van der Waals surface area (Å²) in [6, 6.07) is 9.14. The fourth-order valence-corrected chi connectivity index (χ4v) is 3.49. The number of carbonyl (C=O) groups excluding carboxylic acids is 1. The Hall–Kier alpha value is -2.85. The van der Waals surface area contributed by atoms with E-state index < -0.39 is 12.2 Å². The third-order valence-electron chi connectivity index (χ3n) is 4.98. The number of hydrogen-bond acceptors (Lipinski definition) is 9. The van der Waals surface area contributed by atoms with Gasteiger partial charge in [-0.2, -0.15) is 0 Å². The average Bonchev–Trinajstić information content (AvgIpc) is 2.72. The Balaban J connectivity index is 1.69. The number of benzene rings is 2. The van der Waals surface area contributed by atoms with Gasteiger partial charge in [0.25, 0.3) is 0 Å². The molecule has 0 saturated heterocycles. The maximum absolute atomic E-state index is 12.6. The highest BCUT2D eigenvalue weighted by molar-refractivity contribution is 6.02. The fraction of sp³-hybridized carbons (Fsp3) is 0.409. The highest BCUT2D eigenvalue weighted by Gasteiger charge is 2.31. The Bertz CT molecular complexity index is 880. The predicted octanol–water partition coefficient (Wildman–Crippen LogP) is 0.831. The quantitative estimate of drug-likeness (QED) is 0.368.